The highest BCUT2D eigenvalue weighted by molar-refractivity contribution is 4.77. The van der Waals surface area contributed by atoms with Gasteiger partial charge in [-0.15, -0.1) is 0 Å². The summed E-state index contributed by atoms with van der Waals surface area (Å²) in [7, 11) is 0. The maximum absolute atomic E-state index is 9.40. The summed E-state index contributed by atoms with van der Waals surface area (Å²) in [5.41, 5.74) is 5.59. The third-order valence-corrected chi connectivity index (χ3v) is 3.01. The Morgan fingerprint density at radius 2 is 2.00 bits per heavy atom. The second-order valence-electron chi connectivity index (χ2n) is 4.42. The fourth-order valence-electron chi connectivity index (χ4n) is 2.37. The van der Waals surface area contributed by atoms with E-state index in [0.717, 1.165) is 13.1 Å². The smallest absolute Gasteiger partial charge is 0.0639 e. The number of hydrogen-bond donors (Lipinski definition) is 2. The lowest BCUT2D eigenvalue weighted by molar-refractivity contribution is 0.0848. The number of rotatable bonds is 5. The zero-order valence-corrected chi connectivity index (χ0v) is 9.28. The third-order valence-electron chi connectivity index (χ3n) is 3.01. The molecule has 3 N–H and O–H groups in total. The second kappa shape index (κ2) is 6.38. The van der Waals surface area contributed by atoms with E-state index in [1.807, 2.05) is 6.92 Å². The number of aliphatic hydroxyl groups is 1. The second-order valence-corrected chi connectivity index (χ2v) is 4.42. The average Bonchev–Trinajstić information content (AvgIpc) is 2.18. The molecule has 14 heavy (non-hydrogen) atoms. The van der Waals surface area contributed by atoms with Gasteiger partial charge in [0.1, 0.15) is 0 Å². The molecule has 1 aliphatic carbocycles. The van der Waals surface area contributed by atoms with Gasteiger partial charge in [-0.2, -0.15) is 0 Å². The van der Waals surface area contributed by atoms with Crippen LogP contribution in [0, 0.1) is 0 Å². The number of nitrogens with two attached hydrogens (primary N) is 1. The molecule has 1 aliphatic rings. The third kappa shape index (κ3) is 3.95. The van der Waals surface area contributed by atoms with Crippen molar-refractivity contribution in [3.63, 3.8) is 0 Å². The monoisotopic (exact) mass is 200 g/mol. The molecular formula is C11H24N2O. The molecule has 3 nitrogen and oxygen atoms in total. The molecule has 1 fully saturated rings. The van der Waals surface area contributed by atoms with Gasteiger partial charge in [0.2, 0.25) is 0 Å². The molecule has 0 bridgehead atoms. The van der Waals surface area contributed by atoms with E-state index in [0.29, 0.717) is 12.6 Å². The van der Waals surface area contributed by atoms with E-state index in [4.69, 9.17) is 5.73 Å². The van der Waals surface area contributed by atoms with Crippen LogP contribution in [0.2, 0.25) is 0 Å². The van der Waals surface area contributed by atoms with Crippen molar-refractivity contribution < 1.29 is 5.11 Å². The molecule has 1 atom stereocenters. The summed E-state index contributed by atoms with van der Waals surface area (Å²) in [5, 5.41) is 9.40. The molecule has 0 aromatic carbocycles. The van der Waals surface area contributed by atoms with Crippen molar-refractivity contribution in [2.24, 2.45) is 5.73 Å². The first-order valence-electron chi connectivity index (χ1n) is 5.86. The highest BCUT2D eigenvalue weighted by Crippen LogP contribution is 2.22. The molecule has 0 spiro atoms. The molecule has 0 heterocycles. The molecule has 1 unspecified atom stereocenters. The molecule has 1 saturated carbocycles. The van der Waals surface area contributed by atoms with E-state index in [1.54, 1.807) is 0 Å². The Labute approximate surface area is 87.3 Å². The lowest BCUT2D eigenvalue weighted by Crippen LogP contribution is -2.43. The Kier molecular flexibility index (Phi) is 5.45. The highest BCUT2D eigenvalue weighted by Gasteiger charge is 2.21. The van der Waals surface area contributed by atoms with Gasteiger partial charge in [-0.3, -0.25) is 4.90 Å². The minimum atomic E-state index is -0.233. The first-order chi connectivity index (χ1) is 6.74. The van der Waals surface area contributed by atoms with E-state index in [-0.39, 0.29) is 6.10 Å². The summed E-state index contributed by atoms with van der Waals surface area (Å²) in [5.74, 6) is 0. The lowest BCUT2D eigenvalue weighted by Gasteiger charge is -2.34. The summed E-state index contributed by atoms with van der Waals surface area (Å²) in [6.45, 7) is 4.26. The minimum Gasteiger partial charge on any atom is -0.392 e. The molecular weight excluding hydrogens is 176 g/mol. The van der Waals surface area contributed by atoms with Gasteiger partial charge in [0.25, 0.3) is 0 Å². The van der Waals surface area contributed by atoms with Gasteiger partial charge < -0.3 is 10.8 Å². The lowest BCUT2D eigenvalue weighted by atomic mass is 9.94. The van der Waals surface area contributed by atoms with Crippen molar-refractivity contribution in [2.75, 3.05) is 19.6 Å². The van der Waals surface area contributed by atoms with Crippen LogP contribution >= 0.6 is 0 Å². The minimum absolute atomic E-state index is 0.233. The van der Waals surface area contributed by atoms with Crippen LogP contribution in [0.15, 0.2) is 0 Å². The summed E-state index contributed by atoms with van der Waals surface area (Å²) >= 11 is 0. The zero-order valence-electron chi connectivity index (χ0n) is 9.28. The van der Waals surface area contributed by atoms with Crippen LogP contribution < -0.4 is 5.73 Å². The predicted octanol–water partition coefficient (Wildman–Crippen LogP) is 0.961. The summed E-state index contributed by atoms with van der Waals surface area (Å²) in [6.07, 6.45) is 6.39. The first kappa shape index (κ1) is 12.0. The van der Waals surface area contributed by atoms with E-state index in [2.05, 4.69) is 4.90 Å². The fourth-order valence-corrected chi connectivity index (χ4v) is 2.37. The van der Waals surface area contributed by atoms with Crippen LogP contribution in [0.1, 0.15) is 39.0 Å². The molecule has 84 valence electrons. The van der Waals surface area contributed by atoms with Gasteiger partial charge in [0, 0.05) is 25.7 Å². The number of nitrogens with zero attached hydrogens (tertiary/aromatic N) is 1. The molecule has 3 heteroatoms. The molecule has 1 rings (SSSR count). The molecule has 0 aromatic rings. The number of aliphatic hydroxyl groups excluding tert-OH is 1. The van der Waals surface area contributed by atoms with E-state index in [1.165, 1.54) is 32.1 Å². The Balaban J connectivity index is 2.38. The SMILES string of the molecule is CC(O)CN(CCN)C1CCCCC1. The van der Waals surface area contributed by atoms with Crippen molar-refractivity contribution >= 4 is 0 Å². The molecule has 0 aromatic heterocycles. The zero-order chi connectivity index (χ0) is 10.4. The van der Waals surface area contributed by atoms with Crippen LogP contribution in [0.5, 0.6) is 0 Å². The Morgan fingerprint density at radius 1 is 1.36 bits per heavy atom. The van der Waals surface area contributed by atoms with E-state index in [9.17, 15) is 5.11 Å². The summed E-state index contributed by atoms with van der Waals surface area (Å²) in [6, 6.07) is 0.668. The standard InChI is InChI=1S/C11H24N2O/c1-10(14)9-13(8-7-12)11-5-3-2-4-6-11/h10-11,14H,2-9,12H2,1H3. The van der Waals surface area contributed by atoms with Crippen molar-refractivity contribution in [1.82, 2.24) is 4.90 Å². The van der Waals surface area contributed by atoms with E-state index < -0.39 is 0 Å². The van der Waals surface area contributed by atoms with Gasteiger partial charge in [-0.05, 0) is 19.8 Å². The van der Waals surface area contributed by atoms with Crippen LogP contribution in [0.25, 0.3) is 0 Å². The maximum Gasteiger partial charge on any atom is 0.0639 e. The van der Waals surface area contributed by atoms with Crippen LogP contribution in [-0.4, -0.2) is 41.8 Å². The van der Waals surface area contributed by atoms with Crippen LogP contribution in [0.4, 0.5) is 0 Å². The molecule has 0 radical (unpaired) electrons. The Morgan fingerprint density at radius 3 is 2.50 bits per heavy atom. The Bertz CT molecular complexity index is 144. The molecule has 0 saturated heterocycles. The van der Waals surface area contributed by atoms with Gasteiger partial charge in [0.05, 0.1) is 6.10 Å². The Hall–Kier alpha value is -0.120. The quantitative estimate of drug-likeness (QED) is 0.695. The fraction of sp³-hybridized carbons (Fsp3) is 1.00. The highest BCUT2D eigenvalue weighted by atomic mass is 16.3. The first-order valence-corrected chi connectivity index (χ1v) is 5.86. The summed E-state index contributed by atoms with van der Waals surface area (Å²) in [4.78, 5) is 2.36. The molecule has 0 aliphatic heterocycles. The van der Waals surface area contributed by atoms with Crippen molar-refractivity contribution in [3.8, 4) is 0 Å². The maximum atomic E-state index is 9.40. The van der Waals surface area contributed by atoms with Crippen molar-refractivity contribution in [2.45, 2.75) is 51.2 Å². The summed E-state index contributed by atoms with van der Waals surface area (Å²) < 4.78 is 0. The van der Waals surface area contributed by atoms with E-state index >= 15 is 0 Å². The van der Waals surface area contributed by atoms with Crippen LogP contribution in [-0.2, 0) is 0 Å². The van der Waals surface area contributed by atoms with Gasteiger partial charge >= 0.3 is 0 Å². The molecule has 0 amide bonds. The largest absolute Gasteiger partial charge is 0.392 e. The van der Waals surface area contributed by atoms with Gasteiger partial charge in [-0.25, -0.2) is 0 Å². The predicted molar refractivity (Wildman–Crippen MR) is 59.2 cm³/mol. The topological polar surface area (TPSA) is 49.5 Å². The van der Waals surface area contributed by atoms with Crippen LogP contribution in [0.3, 0.4) is 0 Å². The van der Waals surface area contributed by atoms with Gasteiger partial charge in [0.15, 0.2) is 0 Å². The average molecular weight is 200 g/mol. The van der Waals surface area contributed by atoms with Crippen molar-refractivity contribution in [1.29, 1.82) is 0 Å². The van der Waals surface area contributed by atoms with Crippen molar-refractivity contribution in [3.05, 3.63) is 0 Å². The number of hydrogen-bond acceptors (Lipinski definition) is 3. The van der Waals surface area contributed by atoms with Gasteiger partial charge in [-0.1, -0.05) is 19.3 Å². The normalized spacial score (nSPS) is 21.4.